The number of nitrogens with one attached hydrogen (secondary N) is 2. The molecule has 3 atom stereocenters. The van der Waals surface area contributed by atoms with Crippen molar-refractivity contribution < 1.29 is 19.5 Å². The number of aliphatic carboxylic acids is 1. The standard InChI is InChI=1S/C14H27N3O4S/c1-8(2)7-10(15)12(18)17-11(5-6-22-4)13(19)16-9(3)14(20)21/h8-11H,5-7,15H2,1-4H3,(H,16,19)(H,17,18)(H,20,21)/t9-,10-,11-/m0/s1. The Morgan fingerprint density at radius 1 is 1.14 bits per heavy atom. The number of hydrogen-bond donors (Lipinski definition) is 4. The second kappa shape index (κ2) is 10.4. The SMILES string of the molecule is CSCC[C@H](NC(=O)[C@@H](N)CC(C)C)C(=O)N[C@@H](C)C(=O)O. The molecule has 5 N–H and O–H groups in total. The first-order valence-corrected chi connectivity index (χ1v) is 8.66. The van der Waals surface area contributed by atoms with Gasteiger partial charge >= 0.3 is 5.97 Å². The van der Waals surface area contributed by atoms with E-state index in [4.69, 9.17) is 10.8 Å². The molecule has 0 spiro atoms. The quantitative estimate of drug-likeness (QED) is 0.453. The molecule has 8 heteroatoms. The van der Waals surface area contributed by atoms with Gasteiger partial charge in [-0.15, -0.1) is 0 Å². The Bertz CT molecular complexity index is 390. The van der Waals surface area contributed by atoms with Crippen LogP contribution in [0.15, 0.2) is 0 Å². The maximum atomic E-state index is 12.1. The van der Waals surface area contributed by atoms with Gasteiger partial charge in [0.15, 0.2) is 0 Å². The molecule has 0 aromatic carbocycles. The van der Waals surface area contributed by atoms with E-state index < -0.39 is 35.9 Å². The predicted octanol–water partition coefficient (Wildman–Crippen LogP) is 0.187. The molecular weight excluding hydrogens is 306 g/mol. The monoisotopic (exact) mass is 333 g/mol. The molecular formula is C14H27N3O4S. The first-order chi connectivity index (χ1) is 10.2. The molecule has 0 heterocycles. The highest BCUT2D eigenvalue weighted by Gasteiger charge is 2.26. The molecule has 0 aliphatic heterocycles. The first-order valence-electron chi connectivity index (χ1n) is 7.27. The highest BCUT2D eigenvalue weighted by molar-refractivity contribution is 7.98. The van der Waals surface area contributed by atoms with E-state index in [9.17, 15) is 14.4 Å². The zero-order valence-electron chi connectivity index (χ0n) is 13.6. The highest BCUT2D eigenvalue weighted by Crippen LogP contribution is 2.05. The van der Waals surface area contributed by atoms with Crippen LogP contribution >= 0.6 is 11.8 Å². The van der Waals surface area contributed by atoms with Gasteiger partial charge in [0.05, 0.1) is 6.04 Å². The van der Waals surface area contributed by atoms with Crippen molar-refractivity contribution in [1.82, 2.24) is 10.6 Å². The summed E-state index contributed by atoms with van der Waals surface area (Å²) in [5.74, 6) is -1.09. The number of rotatable bonds is 10. The molecule has 0 aliphatic carbocycles. The molecule has 0 saturated heterocycles. The summed E-state index contributed by atoms with van der Waals surface area (Å²) in [4.78, 5) is 34.9. The molecule has 0 aliphatic rings. The molecule has 0 bridgehead atoms. The van der Waals surface area contributed by atoms with Crippen molar-refractivity contribution in [2.75, 3.05) is 12.0 Å². The molecule has 0 radical (unpaired) electrons. The Morgan fingerprint density at radius 2 is 1.73 bits per heavy atom. The van der Waals surface area contributed by atoms with Crippen LogP contribution in [-0.4, -0.2) is 53.0 Å². The van der Waals surface area contributed by atoms with Gasteiger partial charge in [0.25, 0.3) is 0 Å². The second-order valence-electron chi connectivity index (χ2n) is 5.65. The molecule has 2 amide bonds. The number of thioether (sulfide) groups is 1. The smallest absolute Gasteiger partial charge is 0.325 e. The van der Waals surface area contributed by atoms with Crippen LogP contribution < -0.4 is 16.4 Å². The van der Waals surface area contributed by atoms with E-state index in [-0.39, 0.29) is 5.92 Å². The minimum atomic E-state index is -1.13. The van der Waals surface area contributed by atoms with Gasteiger partial charge in [0, 0.05) is 0 Å². The van der Waals surface area contributed by atoms with Gasteiger partial charge < -0.3 is 21.5 Å². The lowest BCUT2D eigenvalue weighted by molar-refractivity contribution is -0.141. The fraction of sp³-hybridized carbons (Fsp3) is 0.786. The number of carbonyl (C=O) groups excluding carboxylic acids is 2. The molecule has 0 unspecified atom stereocenters. The van der Waals surface area contributed by atoms with E-state index in [1.165, 1.54) is 18.7 Å². The van der Waals surface area contributed by atoms with Crippen molar-refractivity contribution in [2.24, 2.45) is 11.7 Å². The summed E-state index contributed by atoms with van der Waals surface area (Å²) in [6, 6.07) is -2.47. The summed E-state index contributed by atoms with van der Waals surface area (Å²) in [7, 11) is 0. The van der Waals surface area contributed by atoms with E-state index >= 15 is 0 Å². The summed E-state index contributed by atoms with van der Waals surface area (Å²) in [5.41, 5.74) is 5.80. The Morgan fingerprint density at radius 3 is 2.18 bits per heavy atom. The van der Waals surface area contributed by atoms with Gasteiger partial charge in [-0.3, -0.25) is 14.4 Å². The molecule has 0 aromatic heterocycles. The number of carboxylic acid groups (broad SMARTS) is 1. The molecule has 0 saturated carbocycles. The van der Waals surface area contributed by atoms with Crippen LogP contribution in [-0.2, 0) is 14.4 Å². The van der Waals surface area contributed by atoms with Crippen molar-refractivity contribution >= 4 is 29.5 Å². The summed E-state index contributed by atoms with van der Waals surface area (Å²) in [5, 5.41) is 13.8. The van der Waals surface area contributed by atoms with Gasteiger partial charge in [0.1, 0.15) is 12.1 Å². The summed E-state index contributed by atoms with van der Waals surface area (Å²) < 4.78 is 0. The summed E-state index contributed by atoms with van der Waals surface area (Å²) in [6.07, 6.45) is 2.83. The Balaban J connectivity index is 4.71. The summed E-state index contributed by atoms with van der Waals surface area (Å²) in [6.45, 7) is 5.29. The minimum absolute atomic E-state index is 0.270. The third kappa shape index (κ3) is 8.23. The number of amides is 2. The van der Waals surface area contributed by atoms with Crippen LogP contribution in [0.3, 0.4) is 0 Å². The average Bonchev–Trinajstić information content (AvgIpc) is 2.41. The van der Waals surface area contributed by atoms with Crippen molar-refractivity contribution in [1.29, 1.82) is 0 Å². The zero-order valence-corrected chi connectivity index (χ0v) is 14.4. The Kier molecular flexibility index (Phi) is 9.84. The number of carboxylic acids is 1. The van der Waals surface area contributed by atoms with Crippen LogP contribution in [0.1, 0.15) is 33.6 Å². The van der Waals surface area contributed by atoms with Crippen LogP contribution in [0.4, 0.5) is 0 Å². The fourth-order valence-corrected chi connectivity index (χ4v) is 2.25. The summed E-state index contributed by atoms with van der Waals surface area (Å²) >= 11 is 1.54. The van der Waals surface area contributed by atoms with Crippen LogP contribution in [0.25, 0.3) is 0 Å². The highest BCUT2D eigenvalue weighted by atomic mass is 32.2. The molecule has 7 nitrogen and oxygen atoms in total. The maximum Gasteiger partial charge on any atom is 0.325 e. The van der Waals surface area contributed by atoms with Gasteiger partial charge in [0.2, 0.25) is 11.8 Å². The van der Waals surface area contributed by atoms with Gasteiger partial charge in [-0.25, -0.2) is 0 Å². The Labute approximate surface area is 135 Å². The van der Waals surface area contributed by atoms with Crippen molar-refractivity contribution in [3.63, 3.8) is 0 Å². The zero-order chi connectivity index (χ0) is 17.3. The van der Waals surface area contributed by atoms with Crippen molar-refractivity contribution in [2.45, 2.75) is 51.7 Å². The largest absolute Gasteiger partial charge is 0.480 e. The molecule has 128 valence electrons. The van der Waals surface area contributed by atoms with E-state index in [0.29, 0.717) is 18.6 Å². The lowest BCUT2D eigenvalue weighted by Crippen LogP contribution is -2.54. The molecule has 0 aromatic rings. The molecule has 0 fully saturated rings. The topological polar surface area (TPSA) is 122 Å². The predicted molar refractivity (Wildman–Crippen MR) is 87.6 cm³/mol. The van der Waals surface area contributed by atoms with Crippen molar-refractivity contribution in [3.8, 4) is 0 Å². The van der Waals surface area contributed by atoms with Crippen LogP contribution in [0, 0.1) is 5.92 Å². The minimum Gasteiger partial charge on any atom is -0.480 e. The lowest BCUT2D eigenvalue weighted by atomic mass is 10.0. The normalized spacial score (nSPS) is 15.0. The number of nitrogens with two attached hydrogens (primary N) is 1. The van der Waals surface area contributed by atoms with Gasteiger partial charge in [-0.2, -0.15) is 11.8 Å². The fourth-order valence-electron chi connectivity index (χ4n) is 1.77. The number of carbonyl (C=O) groups is 3. The van der Waals surface area contributed by atoms with Crippen LogP contribution in [0.5, 0.6) is 0 Å². The van der Waals surface area contributed by atoms with E-state index in [1.54, 1.807) is 0 Å². The van der Waals surface area contributed by atoms with E-state index in [2.05, 4.69) is 10.6 Å². The van der Waals surface area contributed by atoms with Gasteiger partial charge in [-0.1, -0.05) is 13.8 Å². The maximum absolute atomic E-state index is 12.1. The molecule has 22 heavy (non-hydrogen) atoms. The average molecular weight is 333 g/mol. The first kappa shape index (κ1) is 20.7. The Hall–Kier alpha value is -1.28. The van der Waals surface area contributed by atoms with E-state index in [0.717, 1.165) is 0 Å². The van der Waals surface area contributed by atoms with Crippen molar-refractivity contribution in [3.05, 3.63) is 0 Å². The third-order valence-corrected chi connectivity index (χ3v) is 3.68. The van der Waals surface area contributed by atoms with Crippen LogP contribution in [0.2, 0.25) is 0 Å². The molecule has 0 rings (SSSR count). The number of hydrogen-bond acceptors (Lipinski definition) is 5. The second-order valence-corrected chi connectivity index (χ2v) is 6.63. The van der Waals surface area contributed by atoms with Gasteiger partial charge in [-0.05, 0) is 37.7 Å². The van der Waals surface area contributed by atoms with E-state index in [1.807, 2.05) is 20.1 Å². The third-order valence-electron chi connectivity index (χ3n) is 3.03. The lowest BCUT2D eigenvalue weighted by Gasteiger charge is -2.22.